The number of imidazole rings is 1. The van der Waals surface area contributed by atoms with E-state index in [1.807, 2.05) is 24.6 Å². The van der Waals surface area contributed by atoms with Gasteiger partial charge in [0.15, 0.2) is 9.84 Å². The molecule has 1 unspecified atom stereocenters. The van der Waals surface area contributed by atoms with Crippen LogP contribution in [0.5, 0.6) is 0 Å². The third kappa shape index (κ3) is 2.62. The summed E-state index contributed by atoms with van der Waals surface area (Å²) in [6, 6.07) is 0. The molecule has 1 aromatic heterocycles. The van der Waals surface area contributed by atoms with Crippen molar-refractivity contribution in [2.45, 2.75) is 38.5 Å². The highest BCUT2D eigenvalue weighted by Gasteiger charge is 2.31. The van der Waals surface area contributed by atoms with E-state index in [-0.39, 0.29) is 5.25 Å². The smallest absolute Gasteiger partial charge is 0.203 e. The second-order valence-corrected chi connectivity index (χ2v) is 6.92. The summed E-state index contributed by atoms with van der Waals surface area (Å²) in [5, 5.41) is 2.91. The Hall–Kier alpha value is -1.04. The minimum atomic E-state index is -2.88. The fourth-order valence-corrected chi connectivity index (χ4v) is 4.08. The molecule has 0 saturated carbocycles. The Morgan fingerprint density at radius 3 is 2.94 bits per heavy atom. The summed E-state index contributed by atoms with van der Waals surface area (Å²) in [4.78, 5) is 4.35. The predicted octanol–water partition coefficient (Wildman–Crippen LogP) is 1.20. The van der Waals surface area contributed by atoms with Gasteiger partial charge in [-0.25, -0.2) is 13.4 Å². The van der Waals surface area contributed by atoms with Gasteiger partial charge in [0.1, 0.15) is 0 Å². The van der Waals surface area contributed by atoms with Crippen LogP contribution in [0.3, 0.4) is 0 Å². The number of aryl methyl sites for hydroxylation is 1. The number of rotatable bonds is 4. The van der Waals surface area contributed by atoms with Crippen LogP contribution in [-0.2, 0) is 16.4 Å². The van der Waals surface area contributed by atoms with Gasteiger partial charge in [0.05, 0.1) is 16.7 Å². The van der Waals surface area contributed by atoms with E-state index in [1.165, 1.54) is 0 Å². The maximum Gasteiger partial charge on any atom is 0.203 e. The van der Waals surface area contributed by atoms with Gasteiger partial charge in [-0.05, 0) is 26.7 Å². The summed E-state index contributed by atoms with van der Waals surface area (Å²) < 4.78 is 25.5. The van der Waals surface area contributed by atoms with E-state index in [1.54, 1.807) is 0 Å². The molecular formula is C11H19N3O2S. The van der Waals surface area contributed by atoms with Crippen molar-refractivity contribution in [2.75, 3.05) is 17.6 Å². The topological polar surface area (TPSA) is 64.0 Å². The Bertz CT molecular complexity index is 493. The number of nitrogens with zero attached hydrogens (tertiary/aromatic N) is 2. The zero-order chi connectivity index (χ0) is 12.5. The third-order valence-corrected chi connectivity index (χ3v) is 5.35. The monoisotopic (exact) mass is 257 g/mol. The van der Waals surface area contributed by atoms with Gasteiger partial charge in [0.25, 0.3) is 0 Å². The SMILES string of the molecule is CCNc1nc(C)cn1CC1CCCS1(=O)=O. The van der Waals surface area contributed by atoms with Gasteiger partial charge < -0.3 is 9.88 Å². The van der Waals surface area contributed by atoms with Crippen molar-refractivity contribution in [1.82, 2.24) is 9.55 Å². The normalized spacial score (nSPS) is 22.8. The Balaban J connectivity index is 2.18. The fraction of sp³-hybridized carbons (Fsp3) is 0.727. The molecule has 1 aromatic rings. The predicted molar refractivity (Wildman–Crippen MR) is 67.9 cm³/mol. The molecule has 1 atom stereocenters. The van der Waals surface area contributed by atoms with E-state index in [2.05, 4.69) is 10.3 Å². The number of aromatic nitrogens is 2. The molecule has 5 nitrogen and oxygen atoms in total. The number of hydrogen-bond acceptors (Lipinski definition) is 4. The molecule has 0 bridgehead atoms. The zero-order valence-corrected chi connectivity index (χ0v) is 11.1. The molecule has 6 heteroatoms. The summed E-state index contributed by atoms with van der Waals surface area (Å²) in [6.07, 6.45) is 3.47. The lowest BCUT2D eigenvalue weighted by Gasteiger charge is -2.13. The van der Waals surface area contributed by atoms with Gasteiger partial charge in [-0.1, -0.05) is 0 Å². The average Bonchev–Trinajstić information content (AvgIpc) is 2.73. The molecule has 17 heavy (non-hydrogen) atoms. The quantitative estimate of drug-likeness (QED) is 0.880. The van der Waals surface area contributed by atoms with Crippen molar-refractivity contribution >= 4 is 15.8 Å². The molecule has 0 amide bonds. The highest BCUT2D eigenvalue weighted by Crippen LogP contribution is 2.23. The van der Waals surface area contributed by atoms with E-state index >= 15 is 0 Å². The lowest BCUT2D eigenvalue weighted by Crippen LogP contribution is -2.23. The van der Waals surface area contributed by atoms with Gasteiger partial charge in [-0.2, -0.15) is 0 Å². The Labute approximate surface area is 102 Å². The van der Waals surface area contributed by atoms with Gasteiger partial charge in [0.2, 0.25) is 5.95 Å². The average molecular weight is 257 g/mol. The van der Waals surface area contributed by atoms with Crippen LogP contribution in [-0.4, -0.2) is 35.5 Å². The number of sulfone groups is 1. The molecule has 0 spiro atoms. The molecule has 2 rings (SSSR count). The minimum Gasteiger partial charge on any atom is -0.356 e. The lowest BCUT2D eigenvalue weighted by atomic mass is 10.2. The molecule has 96 valence electrons. The summed E-state index contributed by atoms with van der Waals surface area (Å²) in [5.41, 5.74) is 0.913. The second-order valence-electron chi connectivity index (χ2n) is 4.52. The molecule has 1 aliphatic rings. The van der Waals surface area contributed by atoms with Crippen molar-refractivity contribution in [3.8, 4) is 0 Å². The summed E-state index contributed by atoms with van der Waals surface area (Å²) >= 11 is 0. The number of hydrogen-bond donors (Lipinski definition) is 1. The molecule has 1 aliphatic heterocycles. The highest BCUT2D eigenvalue weighted by atomic mass is 32.2. The first-order chi connectivity index (χ1) is 8.03. The lowest BCUT2D eigenvalue weighted by molar-refractivity contribution is 0.567. The highest BCUT2D eigenvalue weighted by molar-refractivity contribution is 7.92. The van der Waals surface area contributed by atoms with Gasteiger partial charge >= 0.3 is 0 Å². The molecule has 1 fully saturated rings. The first-order valence-corrected chi connectivity index (χ1v) is 7.73. The first kappa shape index (κ1) is 12.4. The molecule has 0 aliphatic carbocycles. The standard InChI is InChI=1S/C11H19N3O2S/c1-3-12-11-13-9(2)7-14(11)8-10-5-4-6-17(10,15)16/h7,10H,3-6,8H2,1-2H3,(H,12,13). The van der Waals surface area contributed by atoms with Crippen LogP contribution < -0.4 is 5.32 Å². The Kier molecular flexibility index (Phi) is 3.42. The van der Waals surface area contributed by atoms with Crippen LogP contribution >= 0.6 is 0 Å². The van der Waals surface area contributed by atoms with E-state index in [9.17, 15) is 8.42 Å². The third-order valence-electron chi connectivity index (χ3n) is 3.10. The van der Waals surface area contributed by atoms with Gasteiger partial charge in [0, 0.05) is 19.3 Å². The molecule has 1 saturated heterocycles. The van der Waals surface area contributed by atoms with Crippen LogP contribution in [0.4, 0.5) is 5.95 Å². The van der Waals surface area contributed by atoms with Crippen LogP contribution in [0, 0.1) is 6.92 Å². The molecule has 0 radical (unpaired) electrons. The summed E-state index contributed by atoms with van der Waals surface area (Å²) in [7, 11) is -2.88. The van der Waals surface area contributed by atoms with Crippen molar-refractivity contribution in [1.29, 1.82) is 0 Å². The van der Waals surface area contributed by atoms with Crippen molar-refractivity contribution in [2.24, 2.45) is 0 Å². The van der Waals surface area contributed by atoms with E-state index in [0.717, 1.165) is 31.0 Å². The van der Waals surface area contributed by atoms with Gasteiger partial charge in [-0.3, -0.25) is 0 Å². The fourth-order valence-electron chi connectivity index (χ4n) is 2.27. The van der Waals surface area contributed by atoms with E-state index in [4.69, 9.17) is 0 Å². The van der Waals surface area contributed by atoms with E-state index in [0.29, 0.717) is 12.3 Å². The Morgan fingerprint density at radius 1 is 1.59 bits per heavy atom. The van der Waals surface area contributed by atoms with Crippen molar-refractivity contribution in [3.05, 3.63) is 11.9 Å². The number of nitrogens with one attached hydrogen (secondary N) is 1. The van der Waals surface area contributed by atoms with Crippen LogP contribution in [0.1, 0.15) is 25.5 Å². The largest absolute Gasteiger partial charge is 0.356 e. The van der Waals surface area contributed by atoms with Gasteiger partial charge in [-0.15, -0.1) is 0 Å². The van der Waals surface area contributed by atoms with Crippen molar-refractivity contribution < 1.29 is 8.42 Å². The van der Waals surface area contributed by atoms with Crippen LogP contribution in [0.15, 0.2) is 6.20 Å². The number of anilines is 1. The maximum absolute atomic E-state index is 11.8. The van der Waals surface area contributed by atoms with Crippen LogP contribution in [0.25, 0.3) is 0 Å². The molecule has 0 aromatic carbocycles. The maximum atomic E-state index is 11.8. The minimum absolute atomic E-state index is 0.242. The molecule has 1 N–H and O–H groups in total. The molecule has 2 heterocycles. The van der Waals surface area contributed by atoms with Crippen molar-refractivity contribution in [3.63, 3.8) is 0 Å². The summed E-state index contributed by atoms with van der Waals surface area (Å²) in [5.74, 6) is 1.11. The zero-order valence-electron chi connectivity index (χ0n) is 10.3. The summed E-state index contributed by atoms with van der Waals surface area (Å²) in [6.45, 7) is 5.22. The second kappa shape index (κ2) is 4.68. The Morgan fingerprint density at radius 2 is 2.35 bits per heavy atom. The molecular weight excluding hydrogens is 238 g/mol. The van der Waals surface area contributed by atoms with Crippen LogP contribution in [0.2, 0.25) is 0 Å². The first-order valence-electron chi connectivity index (χ1n) is 6.02. The van der Waals surface area contributed by atoms with E-state index < -0.39 is 9.84 Å².